The van der Waals surface area contributed by atoms with Gasteiger partial charge in [0.25, 0.3) is 0 Å². The maximum absolute atomic E-state index is 3.78. The molecule has 0 bridgehead atoms. The van der Waals surface area contributed by atoms with Gasteiger partial charge in [0.15, 0.2) is 0 Å². The summed E-state index contributed by atoms with van der Waals surface area (Å²) in [5, 5.41) is 0. The van der Waals surface area contributed by atoms with Crippen molar-refractivity contribution < 1.29 is 0 Å². The van der Waals surface area contributed by atoms with E-state index in [-0.39, 0.29) is 0 Å². The third kappa shape index (κ3) is 14.0. The van der Waals surface area contributed by atoms with E-state index in [4.69, 9.17) is 0 Å². The van der Waals surface area contributed by atoms with E-state index in [2.05, 4.69) is 27.2 Å². The monoisotopic (exact) mass is 224 g/mol. The Morgan fingerprint density at radius 1 is 0.938 bits per heavy atom. The van der Waals surface area contributed by atoms with E-state index < -0.39 is 0 Å². The van der Waals surface area contributed by atoms with Crippen LogP contribution < -0.4 is 0 Å². The van der Waals surface area contributed by atoms with Gasteiger partial charge >= 0.3 is 0 Å². The third-order valence-electron chi connectivity index (χ3n) is 3.10. The highest BCUT2D eigenvalue weighted by Crippen LogP contribution is 2.32. The first-order valence-corrected chi connectivity index (χ1v) is 7.47. The van der Waals surface area contributed by atoms with Gasteiger partial charge in [-0.05, 0) is 18.8 Å². The van der Waals surface area contributed by atoms with Crippen LogP contribution in [0.2, 0.25) is 0 Å². The first kappa shape index (κ1) is 16.0. The van der Waals surface area contributed by atoms with Crippen molar-refractivity contribution in [3.63, 3.8) is 0 Å². The van der Waals surface area contributed by atoms with Gasteiger partial charge in [0.1, 0.15) is 0 Å². The molecule has 16 heavy (non-hydrogen) atoms. The molecule has 0 heteroatoms. The van der Waals surface area contributed by atoms with Crippen LogP contribution in [0.3, 0.4) is 0 Å². The maximum Gasteiger partial charge on any atom is -0.0352 e. The van der Waals surface area contributed by atoms with Crippen molar-refractivity contribution >= 4 is 0 Å². The summed E-state index contributed by atoms with van der Waals surface area (Å²) in [5.74, 6) is 1.03. The Labute approximate surface area is 104 Å². The number of rotatable bonds is 9. The highest BCUT2D eigenvalue weighted by molar-refractivity contribution is 4.93. The lowest BCUT2D eigenvalue weighted by Crippen LogP contribution is -1.76. The molecule has 0 amide bonds. The Morgan fingerprint density at radius 3 is 2.00 bits per heavy atom. The SMILES string of the molecule is CCCCCC1[CH]C1.[CH2]CCCCCCC. The topological polar surface area (TPSA) is 0 Å². The van der Waals surface area contributed by atoms with E-state index in [1.54, 1.807) is 0 Å². The van der Waals surface area contributed by atoms with Crippen molar-refractivity contribution in [1.29, 1.82) is 0 Å². The molecule has 1 atom stereocenters. The smallest absolute Gasteiger partial charge is 0.0352 e. The Morgan fingerprint density at radius 2 is 1.50 bits per heavy atom. The standard InChI is InChI=1S/C8H15.C8H17/c1-2-3-4-5-8-6-7-8;1-3-5-7-8-6-4-2/h6,8H,2-5,7H2,1H3;1,3-8H2,2H3. The molecule has 2 radical (unpaired) electrons. The number of hydrogen-bond donors (Lipinski definition) is 0. The van der Waals surface area contributed by atoms with Crippen molar-refractivity contribution in [3.8, 4) is 0 Å². The first-order valence-electron chi connectivity index (χ1n) is 7.47. The van der Waals surface area contributed by atoms with Crippen LogP contribution >= 0.6 is 0 Å². The molecular weight excluding hydrogens is 192 g/mol. The minimum atomic E-state index is 1.03. The number of hydrogen-bond acceptors (Lipinski definition) is 0. The van der Waals surface area contributed by atoms with E-state index in [1.807, 2.05) is 0 Å². The van der Waals surface area contributed by atoms with Gasteiger partial charge in [0.2, 0.25) is 0 Å². The van der Waals surface area contributed by atoms with Crippen molar-refractivity contribution in [2.75, 3.05) is 0 Å². The summed E-state index contributed by atoms with van der Waals surface area (Å²) in [5.41, 5.74) is 0. The fourth-order valence-electron chi connectivity index (χ4n) is 1.77. The molecule has 0 aromatic rings. The number of unbranched alkanes of at least 4 members (excludes halogenated alkanes) is 7. The van der Waals surface area contributed by atoms with Crippen LogP contribution in [-0.4, -0.2) is 0 Å². The van der Waals surface area contributed by atoms with Gasteiger partial charge in [-0.15, -0.1) is 0 Å². The molecule has 1 aliphatic carbocycles. The van der Waals surface area contributed by atoms with E-state index in [1.165, 1.54) is 64.2 Å². The lowest BCUT2D eigenvalue weighted by molar-refractivity contribution is 0.631. The van der Waals surface area contributed by atoms with E-state index in [0.29, 0.717) is 0 Å². The van der Waals surface area contributed by atoms with Crippen LogP contribution in [0.15, 0.2) is 0 Å². The van der Waals surface area contributed by atoms with E-state index in [0.717, 1.165) is 12.3 Å². The molecular formula is C16H32. The zero-order valence-electron chi connectivity index (χ0n) is 11.6. The minimum absolute atomic E-state index is 1.03. The quantitative estimate of drug-likeness (QED) is 0.423. The van der Waals surface area contributed by atoms with Crippen molar-refractivity contribution in [2.24, 2.45) is 5.92 Å². The molecule has 0 N–H and O–H groups in total. The molecule has 0 aromatic heterocycles. The molecule has 0 aliphatic heterocycles. The summed E-state index contributed by atoms with van der Waals surface area (Å²) in [6.45, 7) is 8.28. The van der Waals surface area contributed by atoms with Gasteiger partial charge in [-0.25, -0.2) is 0 Å². The highest BCUT2D eigenvalue weighted by Gasteiger charge is 2.20. The fraction of sp³-hybridized carbons (Fsp3) is 0.875. The van der Waals surface area contributed by atoms with Crippen LogP contribution in [0.1, 0.15) is 84.5 Å². The second kappa shape index (κ2) is 13.1. The predicted octanol–water partition coefficient (Wildman–Crippen LogP) is 5.97. The summed E-state index contributed by atoms with van der Waals surface area (Å²) < 4.78 is 0. The molecule has 0 aromatic carbocycles. The van der Waals surface area contributed by atoms with Crippen LogP contribution in [0.4, 0.5) is 0 Å². The highest BCUT2D eigenvalue weighted by atomic mass is 14.2. The zero-order valence-corrected chi connectivity index (χ0v) is 11.6. The second-order valence-corrected chi connectivity index (χ2v) is 5.00. The average Bonchev–Trinajstić information content (AvgIpc) is 3.10. The summed E-state index contributed by atoms with van der Waals surface area (Å²) in [7, 11) is 0. The normalized spacial score (nSPS) is 14.4. The molecule has 1 rings (SSSR count). The zero-order chi connectivity index (χ0) is 12.1. The van der Waals surface area contributed by atoms with Gasteiger partial charge in [0.05, 0.1) is 0 Å². The molecule has 1 aliphatic rings. The molecule has 1 fully saturated rings. The van der Waals surface area contributed by atoms with Gasteiger partial charge < -0.3 is 0 Å². The summed E-state index contributed by atoms with van der Waals surface area (Å²) in [6, 6.07) is 0. The van der Waals surface area contributed by atoms with Gasteiger partial charge in [-0.2, -0.15) is 0 Å². The van der Waals surface area contributed by atoms with Gasteiger partial charge in [0, 0.05) is 0 Å². The summed E-state index contributed by atoms with van der Waals surface area (Å²) in [4.78, 5) is 0. The Balaban J connectivity index is 0.000000281. The van der Waals surface area contributed by atoms with Crippen LogP contribution in [0, 0.1) is 19.3 Å². The van der Waals surface area contributed by atoms with E-state index in [9.17, 15) is 0 Å². The molecule has 0 spiro atoms. The molecule has 96 valence electrons. The Bertz CT molecular complexity index is 107. The molecule has 1 saturated carbocycles. The van der Waals surface area contributed by atoms with Gasteiger partial charge in [-0.3, -0.25) is 0 Å². The lowest BCUT2D eigenvalue weighted by Gasteiger charge is -1.93. The van der Waals surface area contributed by atoms with Crippen molar-refractivity contribution in [1.82, 2.24) is 0 Å². The van der Waals surface area contributed by atoms with Crippen LogP contribution in [0.5, 0.6) is 0 Å². The van der Waals surface area contributed by atoms with Crippen LogP contribution in [-0.2, 0) is 0 Å². The molecule has 0 saturated heterocycles. The summed E-state index contributed by atoms with van der Waals surface area (Å²) >= 11 is 0. The molecule has 0 nitrogen and oxygen atoms in total. The van der Waals surface area contributed by atoms with E-state index >= 15 is 0 Å². The summed E-state index contributed by atoms with van der Waals surface area (Å²) in [6.07, 6.45) is 17.5. The van der Waals surface area contributed by atoms with Gasteiger partial charge in [-0.1, -0.05) is 85.0 Å². The first-order chi connectivity index (χ1) is 7.85. The largest absolute Gasteiger partial charge is 0.0654 e. The second-order valence-electron chi connectivity index (χ2n) is 5.00. The molecule has 1 unspecified atom stereocenters. The fourth-order valence-corrected chi connectivity index (χ4v) is 1.77. The van der Waals surface area contributed by atoms with Crippen molar-refractivity contribution in [2.45, 2.75) is 84.5 Å². The maximum atomic E-state index is 3.78. The average molecular weight is 224 g/mol. The Hall–Kier alpha value is 0. The third-order valence-corrected chi connectivity index (χ3v) is 3.10. The molecule has 0 heterocycles. The predicted molar refractivity (Wildman–Crippen MR) is 75.3 cm³/mol. The lowest BCUT2D eigenvalue weighted by atomic mass is 10.1. The Kier molecular flexibility index (Phi) is 13.1. The van der Waals surface area contributed by atoms with Crippen molar-refractivity contribution in [3.05, 3.63) is 13.3 Å². The minimum Gasteiger partial charge on any atom is -0.0654 e. The van der Waals surface area contributed by atoms with Crippen LogP contribution in [0.25, 0.3) is 0 Å².